The molecule has 2 atom stereocenters. The molecular weight excluding hydrogens is 184 g/mol. The topological polar surface area (TPSA) is 47.9 Å². The number of rotatable bonds is 6. The Morgan fingerprint density at radius 2 is 2.21 bits per heavy atom. The van der Waals surface area contributed by atoms with Crippen molar-refractivity contribution in [2.45, 2.75) is 51.8 Å². The van der Waals surface area contributed by atoms with Crippen molar-refractivity contribution in [2.75, 3.05) is 13.2 Å². The van der Waals surface area contributed by atoms with Gasteiger partial charge in [-0.15, -0.1) is 0 Å². The van der Waals surface area contributed by atoms with E-state index in [1.165, 1.54) is 0 Å². The molecule has 1 heterocycles. The third-order valence-corrected chi connectivity index (χ3v) is 1.95. The van der Waals surface area contributed by atoms with Gasteiger partial charge in [0.05, 0.1) is 6.61 Å². The van der Waals surface area contributed by atoms with Crippen LogP contribution >= 0.6 is 0 Å². The third-order valence-electron chi connectivity index (χ3n) is 1.95. The minimum absolute atomic E-state index is 0.133. The molecular formula is C10H20O4. The van der Waals surface area contributed by atoms with Crippen LogP contribution in [0, 0.1) is 0 Å². The fourth-order valence-corrected chi connectivity index (χ4v) is 1.21. The molecule has 1 N–H and O–H groups in total. The molecule has 0 bridgehead atoms. The van der Waals surface area contributed by atoms with Crippen LogP contribution in [0.15, 0.2) is 0 Å². The van der Waals surface area contributed by atoms with Crippen molar-refractivity contribution in [3.63, 3.8) is 0 Å². The first-order valence-electron chi connectivity index (χ1n) is 5.16. The summed E-state index contributed by atoms with van der Waals surface area (Å²) in [5.74, 6) is -1.11. The van der Waals surface area contributed by atoms with Crippen molar-refractivity contribution in [1.82, 2.24) is 0 Å². The lowest BCUT2D eigenvalue weighted by Gasteiger charge is -2.39. The molecule has 0 aromatic rings. The standard InChI is InChI=1S/C10H20O4/c1-4-5-6-12-9-8(7-13-9)14-10(2,3)11/h8-9,11H,4-7H2,1-3H3/t8-,9?/m1/s1. The Morgan fingerprint density at radius 3 is 2.64 bits per heavy atom. The van der Waals surface area contributed by atoms with Gasteiger partial charge in [0.2, 0.25) is 0 Å². The van der Waals surface area contributed by atoms with Crippen LogP contribution in [0.4, 0.5) is 0 Å². The summed E-state index contributed by atoms with van der Waals surface area (Å²) in [6.45, 7) is 6.51. The van der Waals surface area contributed by atoms with Gasteiger partial charge >= 0.3 is 0 Å². The van der Waals surface area contributed by atoms with Crippen molar-refractivity contribution >= 4 is 0 Å². The highest BCUT2D eigenvalue weighted by Gasteiger charge is 2.37. The predicted molar refractivity (Wildman–Crippen MR) is 51.8 cm³/mol. The summed E-state index contributed by atoms with van der Waals surface area (Å²) in [6.07, 6.45) is 1.69. The number of hydrogen-bond acceptors (Lipinski definition) is 4. The molecule has 1 saturated heterocycles. The van der Waals surface area contributed by atoms with E-state index < -0.39 is 5.79 Å². The summed E-state index contributed by atoms with van der Waals surface area (Å²) in [5.41, 5.74) is 0. The third kappa shape index (κ3) is 3.92. The Balaban J connectivity index is 2.15. The Labute approximate surface area is 85.2 Å². The molecule has 4 nitrogen and oxygen atoms in total. The van der Waals surface area contributed by atoms with E-state index in [0.717, 1.165) is 12.8 Å². The average Bonchev–Trinajstić information content (AvgIpc) is 2.05. The van der Waals surface area contributed by atoms with Crippen LogP contribution in [0.5, 0.6) is 0 Å². The van der Waals surface area contributed by atoms with E-state index in [-0.39, 0.29) is 12.4 Å². The largest absolute Gasteiger partial charge is 0.366 e. The van der Waals surface area contributed by atoms with Gasteiger partial charge in [-0.05, 0) is 20.3 Å². The van der Waals surface area contributed by atoms with Crippen LogP contribution in [0.1, 0.15) is 33.6 Å². The lowest BCUT2D eigenvalue weighted by atomic mass is 10.2. The average molecular weight is 204 g/mol. The molecule has 1 unspecified atom stereocenters. The van der Waals surface area contributed by atoms with Gasteiger partial charge in [-0.2, -0.15) is 0 Å². The van der Waals surface area contributed by atoms with Crippen LogP contribution in [0.3, 0.4) is 0 Å². The minimum Gasteiger partial charge on any atom is -0.366 e. The van der Waals surface area contributed by atoms with Crippen LogP contribution in [-0.2, 0) is 14.2 Å². The Morgan fingerprint density at radius 1 is 1.50 bits per heavy atom. The monoisotopic (exact) mass is 204 g/mol. The second kappa shape index (κ2) is 5.07. The maximum absolute atomic E-state index is 9.41. The van der Waals surface area contributed by atoms with Gasteiger partial charge < -0.3 is 19.3 Å². The number of unbranched alkanes of at least 4 members (excludes halogenated alkanes) is 1. The van der Waals surface area contributed by atoms with Gasteiger partial charge in [0.25, 0.3) is 0 Å². The highest BCUT2D eigenvalue weighted by atomic mass is 16.8. The van der Waals surface area contributed by atoms with Crippen molar-refractivity contribution in [2.24, 2.45) is 0 Å². The fourth-order valence-electron chi connectivity index (χ4n) is 1.21. The Hall–Kier alpha value is -0.160. The molecule has 1 rings (SSSR count). The second-order valence-corrected chi connectivity index (χ2v) is 4.03. The zero-order valence-electron chi connectivity index (χ0n) is 9.16. The summed E-state index contributed by atoms with van der Waals surface area (Å²) in [6, 6.07) is 0. The lowest BCUT2D eigenvalue weighted by Crippen LogP contribution is -2.52. The van der Waals surface area contributed by atoms with Crippen molar-refractivity contribution < 1.29 is 19.3 Å². The van der Waals surface area contributed by atoms with Crippen LogP contribution in [0.25, 0.3) is 0 Å². The molecule has 1 aliphatic heterocycles. The first kappa shape index (κ1) is 11.9. The van der Waals surface area contributed by atoms with Gasteiger partial charge in [0.1, 0.15) is 6.10 Å². The maximum atomic E-state index is 9.41. The molecule has 0 amide bonds. The highest BCUT2D eigenvalue weighted by Crippen LogP contribution is 2.22. The molecule has 0 aromatic heterocycles. The van der Waals surface area contributed by atoms with E-state index >= 15 is 0 Å². The highest BCUT2D eigenvalue weighted by molar-refractivity contribution is 4.74. The summed E-state index contributed by atoms with van der Waals surface area (Å²) >= 11 is 0. The summed E-state index contributed by atoms with van der Waals surface area (Å²) in [7, 11) is 0. The van der Waals surface area contributed by atoms with Gasteiger partial charge in [-0.3, -0.25) is 0 Å². The molecule has 0 aliphatic carbocycles. The van der Waals surface area contributed by atoms with Crippen molar-refractivity contribution in [1.29, 1.82) is 0 Å². The normalized spacial score (nSPS) is 27.4. The molecule has 0 aromatic carbocycles. The van der Waals surface area contributed by atoms with E-state index in [2.05, 4.69) is 6.92 Å². The smallest absolute Gasteiger partial charge is 0.186 e. The predicted octanol–water partition coefficient (Wildman–Crippen LogP) is 1.27. The van der Waals surface area contributed by atoms with Crippen molar-refractivity contribution in [3.05, 3.63) is 0 Å². The zero-order valence-corrected chi connectivity index (χ0v) is 9.16. The fraction of sp³-hybridized carbons (Fsp3) is 1.00. The summed E-state index contributed by atoms with van der Waals surface area (Å²) < 4.78 is 15.9. The van der Waals surface area contributed by atoms with Crippen molar-refractivity contribution in [3.8, 4) is 0 Å². The molecule has 14 heavy (non-hydrogen) atoms. The Bertz CT molecular complexity index is 164. The number of aliphatic hydroxyl groups is 1. The second-order valence-electron chi connectivity index (χ2n) is 4.03. The van der Waals surface area contributed by atoms with Crippen LogP contribution in [0.2, 0.25) is 0 Å². The molecule has 1 aliphatic rings. The van der Waals surface area contributed by atoms with Gasteiger partial charge in [0, 0.05) is 6.61 Å². The molecule has 84 valence electrons. The first-order valence-corrected chi connectivity index (χ1v) is 5.16. The maximum Gasteiger partial charge on any atom is 0.186 e. The summed E-state index contributed by atoms with van der Waals surface area (Å²) in [4.78, 5) is 0. The van der Waals surface area contributed by atoms with E-state index in [1.54, 1.807) is 13.8 Å². The first-order chi connectivity index (χ1) is 6.53. The molecule has 0 spiro atoms. The van der Waals surface area contributed by atoms with Gasteiger partial charge in [-0.25, -0.2) is 0 Å². The van der Waals surface area contributed by atoms with E-state index in [4.69, 9.17) is 14.2 Å². The SMILES string of the molecule is CCCCOC1OC[C@H]1OC(C)(C)O. The number of ether oxygens (including phenoxy) is 3. The Kier molecular flexibility index (Phi) is 4.31. The van der Waals surface area contributed by atoms with E-state index in [9.17, 15) is 5.11 Å². The number of hydrogen-bond donors (Lipinski definition) is 1. The molecule has 1 fully saturated rings. The molecule has 0 saturated carbocycles. The van der Waals surface area contributed by atoms with Gasteiger partial charge in [-0.1, -0.05) is 13.3 Å². The molecule has 4 heteroatoms. The molecule has 0 radical (unpaired) electrons. The van der Waals surface area contributed by atoms with E-state index in [1.807, 2.05) is 0 Å². The lowest BCUT2D eigenvalue weighted by molar-refractivity contribution is -0.343. The van der Waals surface area contributed by atoms with Gasteiger partial charge in [0.15, 0.2) is 12.1 Å². The van der Waals surface area contributed by atoms with Crippen LogP contribution < -0.4 is 0 Å². The summed E-state index contributed by atoms with van der Waals surface area (Å²) in [5, 5.41) is 9.41. The minimum atomic E-state index is -1.11. The van der Waals surface area contributed by atoms with Crippen LogP contribution in [-0.4, -0.2) is 36.5 Å². The zero-order chi connectivity index (χ0) is 10.6. The van der Waals surface area contributed by atoms with E-state index in [0.29, 0.717) is 13.2 Å². The quantitative estimate of drug-likeness (QED) is 0.523.